The zero-order valence-corrected chi connectivity index (χ0v) is 15.2. The van der Waals surface area contributed by atoms with Crippen LogP contribution in [0, 0.1) is 13.8 Å². The van der Waals surface area contributed by atoms with Gasteiger partial charge in [-0.05, 0) is 38.0 Å². The van der Waals surface area contributed by atoms with Crippen molar-refractivity contribution < 1.29 is 9.53 Å². The third kappa shape index (κ3) is 3.65. The Bertz CT molecular complexity index is 729. The van der Waals surface area contributed by atoms with Crippen LogP contribution in [0.2, 0.25) is 0 Å². The number of carbonyl (C=O) groups is 1. The van der Waals surface area contributed by atoms with E-state index in [0.29, 0.717) is 25.4 Å². The summed E-state index contributed by atoms with van der Waals surface area (Å²) < 4.78 is 7.55. The van der Waals surface area contributed by atoms with Crippen molar-refractivity contribution in [3.63, 3.8) is 0 Å². The molecule has 0 saturated carbocycles. The van der Waals surface area contributed by atoms with Gasteiger partial charge in [-0.15, -0.1) is 0 Å². The van der Waals surface area contributed by atoms with E-state index in [9.17, 15) is 4.79 Å². The number of rotatable bonds is 4. The number of ether oxygens (including phenoxy) is 1. The molecule has 1 saturated heterocycles. The molecule has 2 heterocycles. The molecule has 0 bridgehead atoms. The van der Waals surface area contributed by atoms with Gasteiger partial charge >= 0.3 is 0 Å². The van der Waals surface area contributed by atoms with Gasteiger partial charge in [0.1, 0.15) is 0 Å². The quantitative estimate of drug-likeness (QED) is 0.800. The maximum Gasteiger partial charge on any atom is 0.233 e. The number of hydrogen-bond donors (Lipinski definition) is 0. The summed E-state index contributed by atoms with van der Waals surface area (Å²) in [6.45, 7) is 8.18. The van der Waals surface area contributed by atoms with Gasteiger partial charge in [0.15, 0.2) is 5.16 Å². The Morgan fingerprint density at radius 1 is 1.42 bits per heavy atom. The third-order valence-corrected chi connectivity index (χ3v) is 5.31. The molecule has 0 N–H and O–H groups in total. The van der Waals surface area contributed by atoms with Crippen LogP contribution in [0.5, 0.6) is 0 Å². The van der Waals surface area contributed by atoms with E-state index in [0.717, 1.165) is 10.8 Å². The number of benzene rings is 1. The molecule has 6 heteroatoms. The number of hydrogen-bond acceptors (Lipinski definition) is 4. The summed E-state index contributed by atoms with van der Waals surface area (Å²) in [5.74, 6) is 0.542. The predicted octanol–water partition coefficient (Wildman–Crippen LogP) is 2.83. The molecule has 24 heavy (non-hydrogen) atoms. The van der Waals surface area contributed by atoms with E-state index in [1.807, 2.05) is 24.1 Å². The van der Waals surface area contributed by atoms with Gasteiger partial charge in [-0.25, -0.2) is 4.98 Å². The molecular weight excluding hydrogens is 322 g/mol. The number of imidazole rings is 1. The van der Waals surface area contributed by atoms with Crippen LogP contribution in [0.15, 0.2) is 35.7 Å². The largest absolute Gasteiger partial charge is 0.375 e. The second-order valence-corrected chi connectivity index (χ2v) is 7.05. The van der Waals surface area contributed by atoms with Crippen molar-refractivity contribution in [2.75, 3.05) is 25.4 Å². The first-order valence-electron chi connectivity index (χ1n) is 8.18. The first kappa shape index (κ1) is 17.0. The van der Waals surface area contributed by atoms with E-state index in [-0.39, 0.29) is 12.0 Å². The van der Waals surface area contributed by atoms with Crippen LogP contribution in [0.1, 0.15) is 18.1 Å². The smallest absolute Gasteiger partial charge is 0.233 e. The molecule has 2 aromatic rings. The van der Waals surface area contributed by atoms with Crippen LogP contribution >= 0.6 is 11.8 Å². The monoisotopic (exact) mass is 345 g/mol. The fourth-order valence-corrected chi connectivity index (χ4v) is 3.71. The molecule has 5 nitrogen and oxygen atoms in total. The number of nitrogens with zero attached hydrogens (tertiary/aromatic N) is 3. The lowest BCUT2D eigenvalue weighted by molar-refractivity contribution is -0.135. The number of aromatic nitrogens is 2. The lowest BCUT2D eigenvalue weighted by Gasteiger charge is -2.31. The molecule has 1 fully saturated rings. The highest BCUT2D eigenvalue weighted by atomic mass is 32.2. The molecule has 1 aliphatic heterocycles. The van der Waals surface area contributed by atoms with Crippen molar-refractivity contribution in [2.24, 2.45) is 0 Å². The zero-order valence-electron chi connectivity index (χ0n) is 14.4. The average molecular weight is 345 g/mol. The molecule has 1 amide bonds. The Balaban J connectivity index is 1.70. The highest BCUT2D eigenvalue weighted by molar-refractivity contribution is 7.99. The summed E-state index contributed by atoms with van der Waals surface area (Å²) in [7, 11) is 0. The highest BCUT2D eigenvalue weighted by Gasteiger charge is 2.22. The summed E-state index contributed by atoms with van der Waals surface area (Å²) in [6, 6.07) is 6.23. The van der Waals surface area contributed by atoms with Crippen LogP contribution in [0.3, 0.4) is 0 Å². The Kier molecular flexibility index (Phi) is 5.26. The second kappa shape index (κ2) is 7.40. The van der Waals surface area contributed by atoms with Crippen molar-refractivity contribution in [3.8, 4) is 5.69 Å². The average Bonchev–Trinajstić information content (AvgIpc) is 3.03. The van der Waals surface area contributed by atoms with Gasteiger partial charge in [-0.3, -0.25) is 9.36 Å². The van der Waals surface area contributed by atoms with E-state index in [4.69, 9.17) is 4.74 Å². The van der Waals surface area contributed by atoms with Gasteiger partial charge in [0.25, 0.3) is 0 Å². The molecule has 1 aromatic heterocycles. The minimum absolute atomic E-state index is 0.115. The molecule has 0 aliphatic carbocycles. The van der Waals surface area contributed by atoms with Crippen molar-refractivity contribution in [1.29, 1.82) is 0 Å². The van der Waals surface area contributed by atoms with Crippen molar-refractivity contribution in [3.05, 3.63) is 41.7 Å². The minimum atomic E-state index is 0.115. The number of carbonyl (C=O) groups excluding carboxylic acids is 1. The number of aryl methyl sites for hydroxylation is 1. The minimum Gasteiger partial charge on any atom is -0.375 e. The van der Waals surface area contributed by atoms with Crippen LogP contribution in [-0.2, 0) is 9.53 Å². The van der Waals surface area contributed by atoms with E-state index in [2.05, 4.69) is 35.5 Å². The normalized spacial score (nSPS) is 18.0. The first-order chi connectivity index (χ1) is 11.6. The lowest BCUT2D eigenvalue weighted by Crippen LogP contribution is -2.45. The number of thioether (sulfide) groups is 1. The number of morpholine rings is 1. The van der Waals surface area contributed by atoms with Crippen molar-refractivity contribution in [1.82, 2.24) is 14.5 Å². The summed E-state index contributed by atoms with van der Waals surface area (Å²) in [6.07, 6.45) is 3.85. The summed E-state index contributed by atoms with van der Waals surface area (Å²) in [5, 5.41) is 0.846. The predicted molar refractivity (Wildman–Crippen MR) is 95.8 cm³/mol. The van der Waals surface area contributed by atoms with Crippen LogP contribution in [0.25, 0.3) is 5.69 Å². The maximum atomic E-state index is 12.4. The Hall–Kier alpha value is -1.79. The van der Waals surface area contributed by atoms with E-state index in [1.54, 1.807) is 6.20 Å². The highest BCUT2D eigenvalue weighted by Crippen LogP contribution is 2.24. The fourth-order valence-electron chi connectivity index (χ4n) is 2.84. The Labute approximate surface area is 147 Å². The molecule has 1 aromatic carbocycles. The van der Waals surface area contributed by atoms with E-state index < -0.39 is 0 Å². The van der Waals surface area contributed by atoms with Gasteiger partial charge in [0.2, 0.25) is 5.91 Å². The van der Waals surface area contributed by atoms with E-state index in [1.165, 1.54) is 22.9 Å². The van der Waals surface area contributed by atoms with Gasteiger partial charge in [-0.2, -0.15) is 0 Å². The SMILES string of the molecule is Cc1cccc(-n2ccnc2SCC(=O)N2CCOC(C)C2)c1C. The van der Waals surface area contributed by atoms with Gasteiger partial charge in [-0.1, -0.05) is 23.9 Å². The molecule has 1 unspecified atom stereocenters. The standard InChI is InChI=1S/C18H23N3O2S/c1-13-5-4-6-16(15(13)3)21-8-7-19-18(21)24-12-17(22)20-9-10-23-14(2)11-20/h4-8,14H,9-12H2,1-3H3. The van der Waals surface area contributed by atoms with E-state index >= 15 is 0 Å². The van der Waals surface area contributed by atoms with Gasteiger partial charge < -0.3 is 9.64 Å². The molecule has 1 atom stereocenters. The first-order valence-corrected chi connectivity index (χ1v) is 9.17. The van der Waals surface area contributed by atoms with Crippen LogP contribution < -0.4 is 0 Å². The molecule has 0 spiro atoms. The molecule has 128 valence electrons. The zero-order chi connectivity index (χ0) is 17.1. The Morgan fingerprint density at radius 2 is 2.25 bits per heavy atom. The topological polar surface area (TPSA) is 47.4 Å². The van der Waals surface area contributed by atoms with Crippen LogP contribution in [-0.4, -0.2) is 51.9 Å². The third-order valence-electron chi connectivity index (χ3n) is 4.36. The van der Waals surface area contributed by atoms with Crippen LogP contribution in [0.4, 0.5) is 0 Å². The van der Waals surface area contributed by atoms with Crippen molar-refractivity contribution >= 4 is 17.7 Å². The molecule has 3 rings (SSSR count). The fraction of sp³-hybridized carbons (Fsp3) is 0.444. The van der Waals surface area contributed by atoms with Gasteiger partial charge in [0.05, 0.1) is 24.2 Å². The molecule has 1 aliphatic rings. The second-order valence-electron chi connectivity index (χ2n) is 6.11. The summed E-state index contributed by atoms with van der Waals surface area (Å²) in [4.78, 5) is 18.7. The van der Waals surface area contributed by atoms with Crippen molar-refractivity contribution in [2.45, 2.75) is 32.0 Å². The number of amides is 1. The molecule has 0 radical (unpaired) electrons. The summed E-state index contributed by atoms with van der Waals surface area (Å²) >= 11 is 1.49. The Morgan fingerprint density at radius 3 is 3.04 bits per heavy atom. The maximum absolute atomic E-state index is 12.4. The summed E-state index contributed by atoms with van der Waals surface area (Å²) in [5.41, 5.74) is 3.59. The van der Waals surface area contributed by atoms with Gasteiger partial charge in [0, 0.05) is 25.5 Å². The molecular formula is C18H23N3O2S. The lowest BCUT2D eigenvalue weighted by atomic mass is 10.1.